The van der Waals surface area contributed by atoms with Gasteiger partial charge in [0.2, 0.25) is 0 Å². The first-order chi connectivity index (χ1) is 8.56. The molecule has 18 heavy (non-hydrogen) atoms. The monoisotopic (exact) mass is 332 g/mol. The quantitative estimate of drug-likeness (QED) is 0.905. The first-order valence-corrected chi connectivity index (χ1v) is 7.08. The number of hydrogen-bond acceptors (Lipinski definition) is 2. The second-order valence-electron chi connectivity index (χ2n) is 4.50. The highest BCUT2D eigenvalue weighted by Crippen LogP contribution is 2.32. The number of carbonyl (C=O) groups is 1. The number of aliphatic carboxylic acids is 1. The Morgan fingerprint density at radius 2 is 2.00 bits per heavy atom. The average Bonchev–Trinajstić information content (AvgIpc) is 2.33. The molecule has 98 valence electrons. The van der Waals surface area contributed by atoms with E-state index in [-0.39, 0.29) is 12.0 Å². The molecule has 1 aliphatic carbocycles. The maximum Gasteiger partial charge on any atom is 0.306 e. The van der Waals surface area contributed by atoms with E-state index in [1.807, 2.05) is 12.1 Å². The maximum absolute atomic E-state index is 10.8. The van der Waals surface area contributed by atoms with Crippen LogP contribution in [0.1, 0.15) is 25.7 Å². The van der Waals surface area contributed by atoms with Crippen LogP contribution in [0.5, 0.6) is 5.75 Å². The van der Waals surface area contributed by atoms with Gasteiger partial charge in [0, 0.05) is 4.47 Å². The molecule has 0 unspecified atom stereocenters. The first kappa shape index (κ1) is 13.7. The van der Waals surface area contributed by atoms with E-state index in [1.165, 1.54) is 0 Å². The molecule has 5 heteroatoms. The fourth-order valence-electron chi connectivity index (χ4n) is 2.18. The lowest BCUT2D eigenvalue weighted by Crippen LogP contribution is -2.27. The summed E-state index contributed by atoms with van der Waals surface area (Å²) in [5.41, 5.74) is 0. The predicted molar refractivity (Wildman–Crippen MR) is 73.2 cm³/mol. The third-order valence-electron chi connectivity index (χ3n) is 3.21. The molecule has 1 aliphatic rings. The summed E-state index contributed by atoms with van der Waals surface area (Å²) in [6.07, 6.45) is 2.95. The summed E-state index contributed by atoms with van der Waals surface area (Å²) in [6.45, 7) is 0. The molecule has 0 saturated heterocycles. The van der Waals surface area contributed by atoms with Gasteiger partial charge in [0.1, 0.15) is 5.75 Å². The van der Waals surface area contributed by atoms with Gasteiger partial charge in [-0.15, -0.1) is 0 Å². The van der Waals surface area contributed by atoms with E-state index in [9.17, 15) is 4.79 Å². The van der Waals surface area contributed by atoms with Crippen LogP contribution in [0.2, 0.25) is 5.02 Å². The number of benzene rings is 1. The number of carboxylic acid groups (broad SMARTS) is 1. The number of ether oxygens (including phenoxy) is 1. The third kappa shape index (κ3) is 3.39. The van der Waals surface area contributed by atoms with Gasteiger partial charge in [-0.2, -0.15) is 0 Å². The van der Waals surface area contributed by atoms with Crippen molar-refractivity contribution in [3.63, 3.8) is 0 Å². The van der Waals surface area contributed by atoms with Crippen LogP contribution >= 0.6 is 27.5 Å². The summed E-state index contributed by atoms with van der Waals surface area (Å²) in [4.78, 5) is 10.8. The Morgan fingerprint density at radius 3 is 2.56 bits per heavy atom. The van der Waals surface area contributed by atoms with Crippen LogP contribution in [-0.2, 0) is 4.79 Å². The van der Waals surface area contributed by atoms with Crippen LogP contribution in [-0.4, -0.2) is 17.2 Å². The molecule has 1 fully saturated rings. The van der Waals surface area contributed by atoms with Gasteiger partial charge in [0.05, 0.1) is 17.0 Å². The highest BCUT2D eigenvalue weighted by molar-refractivity contribution is 9.10. The number of hydrogen-bond donors (Lipinski definition) is 1. The lowest BCUT2D eigenvalue weighted by molar-refractivity contribution is -0.143. The highest BCUT2D eigenvalue weighted by Gasteiger charge is 2.27. The minimum atomic E-state index is -0.699. The molecular formula is C13H14BrClO3. The molecule has 1 N–H and O–H groups in total. The van der Waals surface area contributed by atoms with Crippen molar-refractivity contribution in [1.29, 1.82) is 0 Å². The van der Waals surface area contributed by atoms with Gasteiger partial charge >= 0.3 is 5.97 Å². The predicted octanol–water partition coefficient (Wildman–Crippen LogP) is 4.12. The molecule has 0 bridgehead atoms. The summed E-state index contributed by atoms with van der Waals surface area (Å²) in [6, 6.07) is 5.50. The summed E-state index contributed by atoms with van der Waals surface area (Å²) < 4.78 is 6.73. The van der Waals surface area contributed by atoms with Gasteiger partial charge in [-0.1, -0.05) is 27.5 Å². The van der Waals surface area contributed by atoms with Crippen LogP contribution in [0.15, 0.2) is 22.7 Å². The molecule has 1 aromatic rings. The molecule has 0 aromatic heterocycles. The van der Waals surface area contributed by atoms with Gasteiger partial charge in [-0.05, 0) is 43.9 Å². The Morgan fingerprint density at radius 1 is 1.33 bits per heavy atom. The molecule has 1 aromatic carbocycles. The lowest BCUT2D eigenvalue weighted by Gasteiger charge is -2.27. The molecule has 0 spiro atoms. The Bertz CT molecular complexity index is 442. The molecule has 0 radical (unpaired) electrons. The van der Waals surface area contributed by atoms with Crippen LogP contribution in [0.3, 0.4) is 0 Å². The number of carboxylic acids is 1. The van der Waals surface area contributed by atoms with Gasteiger partial charge in [0.25, 0.3) is 0 Å². The van der Waals surface area contributed by atoms with Crippen molar-refractivity contribution < 1.29 is 14.6 Å². The second-order valence-corrected chi connectivity index (χ2v) is 5.83. The van der Waals surface area contributed by atoms with Crippen molar-refractivity contribution >= 4 is 33.5 Å². The molecular weight excluding hydrogens is 319 g/mol. The second kappa shape index (κ2) is 5.93. The normalized spacial score (nSPS) is 23.7. The molecule has 0 amide bonds. The lowest BCUT2D eigenvalue weighted by atomic mass is 9.87. The van der Waals surface area contributed by atoms with Gasteiger partial charge in [-0.3, -0.25) is 4.79 Å². The van der Waals surface area contributed by atoms with Gasteiger partial charge in [0.15, 0.2) is 0 Å². The molecule has 0 atom stereocenters. The zero-order chi connectivity index (χ0) is 13.1. The fourth-order valence-corrected chi connectivity index (χ4v) is 2.90. The Labute approximate surface area is 119 Å². The SMILES string of the molecule is O=C(O)C1CCC(Oc2ccc(Br)cc2Cl)CC1. The van der Waals surface area contributed by atoms with Crippen LogP contribution in [0, 0.1) is 5.92 Å². The van der Waals surface area contributed by atoms with E-state index in [4.69, 9.17) is 21.4 Å². The van der Waals surface area contributed by atoms with Crippen molar-refractivity contribution in [3.8, 4) is 5.75 Å². The largest absolute Gasteiger partial charge is 0.489 e. The van der Waals surface area contributed by atoms with Crippen LogP contribution in [0.4, 0.5) is 0 Å². The van der Waals surface area contributed by atoms with E-state index < -0.39 is 5.97 Å². The van der Waals surface area contributed by atoms with E-state index in [0.717, 1.165) is 17.3 Å². The van der Waals surface area contributed by atoms with Crippen molar-refractivity contribution in [1.82, 2.24) is 0 Å². The van der Waals surface area contributed by atoms with Gasteiger partial charge in [-0.25, -0.2) is 0 Å². The zero-order valence-electron chi connectivity index (χ0n) is 9.73. The van der Waals surface area contributed by atoms with E-state index in [1.54, 1.807) is 6.07 Å². The van der Waals surface area contributed by atoms with Crippen LogP contribution in [0.25, 0.3) is 0 Å². The molecule has 0 aliphatic heterocycles. The number of halogens is 2. The Balaban J connectivity index is 1.93. The maximum atomic E-state index is 10.8. The van der Waals surface area contributed by atoms with Crippen molar-refractivity contribution in [3.05, 3.63) is 27.7 Å². The first-order valence-electron chi connectivity index (χ1n) is 5.91. The smallest absolute Gasteiger partial charge is 0.306 e. The van der Waals surface area contributed by atoms with Crippen molar-refractivity contribution in [2.45, 2.75) is 31.8 Å². The summed E-state index contributed by atoms with van der Waals surface area (Å²) in [5, 5.41) is 9.50. The molecule has 3 nitrogen and oxygen atoms in total. The third-order valence-corrected chi connectivity index (χ3v) is 4.00. The zero-order valence-corrected chi connectivity index (χ0v) is 12.1. The van der Waals surface area contributed by atoms with Crippen molar-refractivity contribution in [2.24, 2.45) is 5.92 Å². The van der Waals surface area contributed by atoms with E-state index in [2.05, 4.69) is 15.9 Å². The summed E-state index contributed by atoms with van der Waals surface area (Å²) in [7, 11) is 0. The molecule has 1 saturated carbocycles. The van der Waals surface area contributed by atoms with Crippen molar-refractivity contribution in [2.75, 3.05) is 0 Å². The topological polar surface area (TPSA) is 46.5 Å². The minimum absolute atomic E-state index is 0.0688. The van der Waals surface area contributed by atoms with E-state index in [0.29, 0.717) is 23.6 Å². The summed E-state index contributed by atoms with van der Waals surface area (Å²) in [5.74, 6) is -0.251. The fraction of sp³-hybridized carbons (Fsp3) is 0.462. The van der Waals surface area contributed by atoms with Crippen LogP contribution < -0.4 is 4.74 Å². The Kier molecular flexibility index (Phi) is 4.51. The molecule has 2 rings (SSSR count). The van der Waals surface area contributed by atoms with Gasteiger partial charge < -0.3 is 9.84 Å². The Hall–Kier alpha value is -0.740. The average molecular weight is 334 g/mol. The van der Waals surface area contributed by atoms with E-state index >= 15 is 0 Å². The number of rotatable bonds is 3. The standard InChI is InChI=1S/C13H14BrClO3/c14-9-3-6-12(11(15)7-9)18-10-4-1-8(2-5-10)13(16)17/h3,6-8,10H,1-2,4-5H2,(H,16,17). The minimum Gasteiger partial charge on any atom is -0.489 e. The summed E-state index contributed by atoms with van der Waals surface area (Å²) >= 11 is 9.42. The highest BCUT2D eigenvalue weighted by atomic mass is 79.9. The molecule has 0 heterocycles.